The van der Waals surface area contributed by atoms with E-state index in [1.165, 1.54) is 0 Å². The summed E-state index contributed by atoms with van der Waals surface area (Å²) < 4.78 is 12.2. The molecule has 2 aliphatic carbocycles. The summed E-state index contributed by atoms with van der Waals surface area (Å²) >= 11 is 0. The minimum Gasteiger partial charge on any atom is -0.489 e. The van der Waals surface area contributed by atoms with Crippen molar-refractivity contribution in [2.45, 2.75) is 70.5 Å². The van der Waals surface area contributed by atoms with Gasteiger partial charge in [-0.3, -0.25) is 4.79 Å². The first-order valence-corrected chi connectivity index (χ1v) is 12.3. The molecule has 2 aromatic carbocycles. The predicted octanol–water partition coefficient (Wildman–Crippen LogP) is 5.72. The van der Waals surface area contributed by atoms with Gasteiger partial charge in [0.25, 0.3) is 0 Å². The number of hydrogen-bond acceptors (Lipinski definition) is 5. The Kier molecular flexibility index (Phi) is 6.52. The first-order valence-electron chi connectivity index (χ1n) is 12.3. The summed E-state index contributed by atoms with van der Waals surface area (Å²) in [6.07, 6.45) is 6.04. The molecule has 0 bridgehead atoms. The van der Waals surface area contributed by atoms with Gasteiger partial charge in [-0.25, -0.2) is 4.79 Å². The van der Waals surface area contributed by atoms with E-state index in [1.54, 1.807) is 0 Å². The number of Topliss-reactive ketones (excluding diaryl/α,β-unsaturated/α-hetero) is 1. The molecular formula is C29H31NO4. The lowest BCUT2D eigenvalue weighted by Crippen LogP contribution is -2.35. The molecule has 1 saturated carbocycles. The van der Waals surface area contributed by atoms with E-state index in [-0.39, 0.29) is 17.9 Å². The number of hydrogen-bond donors (Lipinski definition) is 1. The zero-order valence-corrected chi connectivity index (χ0v) is 19.6. The number of ketones is 1. The number of dihydropyridines is 1. The average Bonchev–Trinajstić information content (AvgIpc) is 3.36. The number of allylic oxidation sites excluding steroid dienone is 3. The molecule has 34 heavy (non-hydrogen) atoms. The highest BCUT2D eigenvalue weighted by Crippen LogP contribution is 2.45. The third kappa shape index (κ3) is 4.52. The Morgan fingerprint density at radius 1 is 0.971 bits per heavy atom. The Bertz CT molecular complexity index is 1140. The SMILES string of the molecule is CC1=C(C(=O)OC2CCCC2)[C@H](c2ccccc2OCc2ccccc2)C2=C(CCCC2=O)N1. The number of rotatable bonds is 6. The van der Waals surface area contributed by atoms with Crippen LogP contribution in [-0.4, -0.2) is 17.9 Å². The standard InChI is InChI=1S/C29H31NO4/c1-19-26(29(32)34-21-12-5-6-13-21)27(28-23(30-19)15-9-16-24(28)31)22-14-7-8-17-25(22)33-18-20-10-3-2-4-11-20/h2-4,7-8,10-11,14,17,21,27,30H,5-6,9,12-13,15-16,18H2,1H3/t27-/m0/s1. The van der Waals surface area contributed by atoms with Crippen molar-refractivity contribution in [2.75, 3.05) is 0 Å². The van der Waals surface area contributed by atoms with Crippen molar-refractivity contribution in [3.05, 3.63) is 88.3 Å². The summed E-state index contributed by atoms with van der Waals surface area (Å²) in [6.45, 7) is 2.32. The van der Waals surface area contributed by atoms with Crippen LogP contribution < -0.4 is 10.1 Å². The molecule has 0 amide bonds. The van der Waals surface area contributed by atoms with Crippen LogP contribution in [-0.2, 0) is 20.9 Å². The van der Waals surface area contributed by atoms with Gasteiger partial charge in [-0.05, 0) is 57.1 Å². The van der Waals surface area contributed by atoms with Crippen LogP contribution in [0.4, 0.5) is 0 Å². The second kappa shape index (κ2) is 9.88. The van der Waals surface area contributed by atoms with Crippen molar-refractivity contribution in [3.8, 4) is 5.75 Å². The quantitative estimate of drug-likeness (QED) is 0.562. The monoisotopic (exact) mass is 457 g/mol. The molecule has 0 spiro atoms. The molecule has 1 aliphatic heterocycles. The number of carbonyl (C=O) groups excluding carboxylic acids is 2. The maximum atomic E-state index is 13.5. The lowest BCUT2D eigenvalue weighted by molar-refractivity contribution is -0.144. The van der Waals surface area contributed by atoms with Crippen LogP contribution in [0.3, 0.4) is 0 Å². The molecule has 0 aromatic heterocycles. The predicted molar refractivity (Wildman–Crippen MR) is 130 cm³/mol. The van der Waals surface area contributed by atoms with Crippen LogP contribution in [0, 0.1) is 0 Å². The molecule has 5 heteroatoms. The number of para-hydroxylation sites is 1. The summed E-state index contributed by atoms with van der Waals surface area (Å²) in [5, 5.41) is 3.38. The van der Waals surface area contributed by atoms with Gasteiger partial charge >= 0.3 is 5.97 Å². The highest BCUT2D eigenvalue weighted by molar-refractivity contribution is 6.04. The van der Waals surface area contributed by atoms with Crippen molar-refractivity contribution in [2.24, 2.45) is 0 Å². The van der Waals surface area contributed by atoms with Gasteiger partial charge in [0.05, 0.1) is 11.5 Å². The Morgan fingerprint density at radius 3 is 2.50 bits per heavy atom. The molecule has 1 fully saturated rings. The fourth-order valence-electron chi connectivity index (χ4n) is 5.37. The van der Waals surface area contributed by atoms with Gasteiger partial charge in [0.2, 0.25) is 0 Å². The van der Waals surface area contributed by atoms with Crippen LogP contribution in [0.2, 0.25) is 0 Å². The minimum absolute atomic E-state index is 0.0459. The first kappa shape index (κ1) is 22.5. The topological polar surface area (TPSA) is 64.6 Å². The van der Waals surface area contributed by atoms with Gasteiger partial charge in [0.15, 0.2) is 5.78 Å². The largest absolute Gasteiger partial charge is 0.489 e. The zero-order chi connectivity index (χ0) is 23.5. The molecule has 0 saturated heterocycles. The molecule has 1 N–H and O–H groups in total. The molecular weight excluding hydrogens is 426 g/mol. The fourth-order valence-corrected chi connectivity index (χ4v) is 5.37. The molecule has 0 unspecified atom stereocenters. The van der Waals surface area contributed by atoms with Crippen LogP contribution in [0.5, 0.6) is 5.75 Å². The lowest BCUT2D eigenvalue weighted by Gasteiger charge is -2.35. The van der Waals surface area contributed by atoms with E-state index in [4.69, 9.17) is 9.47 Å². The average molecular weight is 458 g/mol. The van der Waals surface area contributed by atoms with Crippen molar-refractivity contribution in [1.29, 1.82) is 0 Å². The normalized spacial score (nSPS) is 20.7. The number of carbonyl (C=O) groups is 2. The van der Waals surface area contributed by atoms with E-state index in [0.717, 1.165) is 61.0 Å². The third-order valence-corrected chi connectivity index (χ3v) is 7.04. The summed E-state index contributed by atoms with van der Waals surface area (Å²) in [5.74, 6) is -0.0488. The highest BCUT2D eigenvalue weighted by Gasteiger charge is 2.41. The highest BCUT2D eigenvalue weighted by atomic mass is 16.5. The van der Waals surface area contributed by atoms with Crippen molar-refractivity contribution >= 4 is 11.8 Å². The van der Waals surface area contributed by atoms with Crippen molar-refractivity contribution in [3.63, 3.8) is 0 Å². The first-order chi connectivity index (χ1) is 16.6. The Morgan fingerprint density at radius 2 is 1.71 bits per heavy atom. The van der Waals surface area contributed by atoms with Gasteiger partial charge in [-0.2, -0.15) is 0 Å². The van der Waals surface area contributed by atoms with Gasteiger partial charge in [-0.15, -0.1) is 0 Å². The molecule has 5 rings (SSSR count). The number of benzene rings is 2. The smallest absolute Gasteiger partial charge is 0.337 e. The maximum Gasteiger partial charge on any atom is 0.337 e. The third-order valence-electron chi connectivity index (χ3n) is 7.04. The van der Waals surface area contributed by atoms with Crippen LogP contribution in [0.15, 0.2) is 77.1 Å². The maximum absolute atomic E-state index is 13.5. The second-order valence-electron chi connectivity index (χ2n) is 9.39. The Hall–Kier alpha value is -3.34. The van der Waals surface area contributed by atoms with Gasteiger partial charge in [0.1, 0.15) is 18.5 Å². The molecule has 1 atom stereocenters. The van der Waals surface area contributed by atoms with Gasteiger partial charge in [-0.1, -0.05) is 48.5 Å². The molecule has 5 nitrogen and oxygen atoms in total. The Labute approximate surface area is 200 Å². The van der Waals surface area contributed by atoms with Gasteiger partial charge in [0, 0.05) is 29.0 Å². The van der Waals surface area contributed by atoms with E-state index in [1.807, 2.05) is 61.5 Å². The van der Waals surface area contributed by atoms with E-state index >= 15 is 0 Å². The number of ether oxygens (including phenoxy) is 2. The molecule has 2 aromatic rings. The van der Waals surface area contributed by atoms with E-state index in [0.29, 0.717) is 29.9 Å². The van der Waals surface area contributed by atoms with E-state index in [9.17, 15) is 9.59 Å². The fraction of sp³-hybridized carbons (Fsp3) is 0.379. The summed E-state index contributed by atoms with van der Waals surface area (Å²) in [5.41, 5.74) is 4.79. The molecule has 176 valence electrons. The van der Waals surface area contributed by atoms with Gasteiger partial charge < -0.3 is 14.8 Å². The van der Waals surface area contributed by atoms with Crippen molar-refractivity contribution < 1.29 is 19.1 Å². The summed E-state index contributed by atoms with van der Waals surface area (Å²) in [7, 11) is 0. The van der Waals surface area contributed by atoms with E-state index < -0.39 is 5.92 Å². The zero-order valence-electron chi connectivity index (χ0n) is 19.6. The second-order valence-corrected chi connectivity index (χ2v) is 9.39. The Balaban J connectivity index is 1.54. The summed E-state index contributed by atoms with van der Waals surface area (Å²) in [6, 6.07) is 17.7. The number of nitrogens with one attached hydrogen (secondary N) is 1. The number of esters is 1. The lowest BCUT2D eigenvalue weighted by atomic mass is 9.75. The van der Waals surface area contributed by atoms with Crippen LogP contribution in [0.1, 0.15) is 68.9 Å². The van der Waals surface area contributed by atoms with Crippen LogP contribution in [0.25, 0.3) is 0 Å². The van der Waals surface area contributed by atoms with Crippen molar-refractivity contribution in [1.82, 2.24) is 5.32 Å². The minimum atomic E-state index is -0.495. The summed E-state index contributed by atoms with van der Waals surface area (Å²) in [4.78, 5) is 26.7. The molecule has 0 radical (unpaired) electrons. The molecule has 3 aliphatic rings. The van der Waals surface area contributed by atoms with Crippen LogP contribution >= 0.6 is 0 Å². The molecule has 1 heterocycles. The van der Waals surface area contributed by atoms with E-state index in [2.05, 4.69) is 5.32 Å².